The summed E-state index contributed by atoms with van der Waals surface area (Å²) in [4.78, 5) is 12.5. The van der Waals surface area contributed by atoms with Crippen molar-refractivity contribution in [2.75, 3.05) is 5.75 Å². The molecule has 0 aliphatic rings. The highest BCUT2D eigenvalue weighted by atomic mass is 32.2. The molecule has 8 heteroatoms. The highest BCUT2D eigenvalue weighted by Crippen LogP contribution is 2.16. The summed E-state index contributed by atoms with van der Waals surface area (Å²) >= 11 is 0. The molecular formula is C36H73NO6S. The molecule has 0 bridgehead atoms. The first-order valence-electron chi connectivity index (χ1n) is 18.8. The van der Waals surface area contributed by atoms with Crippen molar-refractivity contribution in [2.24, 2.45) is 0 Å². The van der Waals surface area contributed by atoms with Gasteiger partial charge < -0.3 is 15.5 Å². The highest BCUT2D eigenvalue weighted by Gasteiger charge is 2.28. The Bertz CT molecular complexity index is 732. The molecule has 1 amide bonds. The van der Waals surface area contributed by atoms with E-state index in [4.69, 9.17) is 0 Å². The lowest BCUT2D eigenvalue weighted by atomic mass is 10.0. The summed E-state index contributed by atoms with van der Waals surface area (Å²) < 4.78 is 32.4. The third kappa shape index (κ3) is 30.0. The molecule has 0 radical (unpaired) electrons. The third-order valence-corrected chi connectivity index (χ3v) is 9.70. The average molecular weight is 648 g/mol. The predicted molar refractivity (Wildman–Crippen MR) is 186 cm³/mol. The molecule has 0 rings (SSSR count). The van der Waals surface area contributed by atoms with Crippen molar-refractivity contribution < 1.29 is 28.0 Å². The standard InChI is InChI=1S/C36H73NO6S/c1-3-5-7-9-11-13-15-17-18-19-21-22-24-26-28-30-34(38)33(32-44(41,42)43)37-36(40)35(39)31-29-27-25-23-20-16-14-12-10-8-6-4-2/h33-35,38-39H,3-32H2,1-2H3,(H,37,40)(H,41,42,43). The molecule has 0 saturated heterocycles. The molecule has 0 aliphatic heterocycles. The summed E-state index contributed by atoms with van der Waals surface area (Å²) in [7, 11) is -4.40. The number of aliphatic hydroxyl groups is 2. The summed E-state index contributed by atoms with van der Waals surface area (Å²) in [5.41, 5.74) is 0. The van der Waals surface area contributed by atoms with Gasteiger partial charge in [-0.25, -0.2) is 0 Å². The molecule has 264 valence electrons. The summed E-state index contributed by atoms with van der Waals surface area (Å²) in [6.07, 6.45) is 31.2. The second kappa shape index (κ2) is 30.9. The van der Waals surface area contributed by atoms with E-state index in [1.54, 1.807) is 0 Å². The van der Waals surface area contributed by atoms with Crippen LogP contribution in [0.2, 0.25) is 0 Å². The van der Waals surface area contributed by atoms with Gasteiger partial charge in [0.15, 0.2) is 0 Å². The Morgan fingerprint density at radius 3 is 1.14 bits per heavy atom. The normalized spacial score (nSPS) is 14.0. The van der Waals surface area contributed by atoms with Crippen LogP contribution in [-0.4, -0.2) is 53.1 Å². The molecule has 0 aliphatic carbocycles. The lowest BCUT2D eigenvalue weighted by Gasteiger charge is -2.24. The number of carbonyl (C=O) groups excluding carboxylic acids is 1. The zero-order valence-corrected chi connectivity index (χ0v) is 29.7. The first-order chi connectivity index (χ1) is 21.2. The zero-order valence-electron chi connectivity index (χ0n) is 28.9. The predicted octanol–water partition coefficient (Wildman–Crippen LogP) is 9.43. The van der Waals surface area contributed by atoms with Crippen molar-refractivity contribution in [3.05, 3.63) is 0 Å². The van der Waals surface area contributed by atoms with Crippen molar-refractivity contribution in [3.8, 4) is 0 Å². The molecule has 3 atom stereocenters. The van der Waals surface area contributed by atoms with E-state index < -0.39 is 40.0 Å². The fourth-order valence-corrected chi connectivity index (χ4v) is 6.75. The summed E-state index contributed by atoms with van der Waals surface area (Å²) in [5, 5.41) is 23.4. The Kier molecular flexibility index (Phi) is 30.4. The summed E-state index contributed by atoms with van der Waals surface area (Å²) in [5.74, 6) is -1.44. The van der Waals surface area contributed by atoms with Crippen LogP contribution in [-0.2, 0) is 14.9 Å². The molecule has 0 aromatic carbocycles. The van der Waals surface area contributed by atoms with Crippen molar-refractivity contribution in [1.82, 2.24) is 5.32 Å². The SMILES string of the molecule is CCCCCCCCCCCCCCCCCC(O)C(CS(=O)(=O)O)NC(=O)C(O)CCCCCCCCCCCCCC. The number of hydrogen-bond acceptors (Lipinski definition) is 5. The Labute approximate surface area is 272 Å². The van der Waals surface area contributed by atoms with E-state index in [1.165, 1.54) is 128 Å². The molecule has 4 N–H and O–H groups in total. The minimum atomic E-state index is -4.40. The number of amides is 1. The lowest BCUT2D eigenvalue weighted by molar-refractivity contribution is -0.131. The van der Waals surface area contributed by atoms with E-state index in [1.807, 2.05) is 0 Å². The molecule has 0 spiro atoms. The molecule has 3 unspecified atom stereocenters. The van der Waals surface area contributed by atoms with E-state index in [2.05, 4.69) is 19.2 Å². The van der Waals surface area contributed by atoms with Crippen LogP contribution in [0.25, 0.3) is 0 Å². The van der Waals surface area contributed by atoms with Crippen LogP contribution < -0.4 is 5.32 Å². The number of hydrogen-bond donors (Lipinski definition) is 4. The fraction of sp³-hybridized carbons (Fsp3) is 0.972. The Morgan fingerprint density at radius 2 is 0.818 bits per heavy atom. The maximum absolute atomic E-state index is 12.5. The minimum Gasteiger partial charge on any atom is -0.391 e. The minimum absolute atomic E-state index is 0.303. The molecule has 0 heterocycles. The largest absolute Gasteiger partial charge is 0.391 e. The second-order valence-corrected chi connectivity index (χ2v) is 14.9. The summed E-state index contributed by atoms with van der Waals surface area (Å²) in [6.45, 7) is 4.49. The van der Waals surface area contributed by atoms with Crippen molar-refractivity contribution >= 4 is 16.0 Å². The van der Waals surface area contributed by atoms with Crippen LogP contribution in [0.15, 0.2) is 0 Å². The molecular weight excluding hydrogens is 574 g/mol. The van der Waals surface area contributed by atoms with Gasteiger partial charge in [-0.1, -0.05) is 187 Å². The van der Waals surface area contributed by atoms with Crippen LogP contribution in [0.4, 0.5) is 0 Å². The molecule has 44 heavy (non-hydrogen) atoms. The van der Waals surface area contributed by atoms with Gasteiger partial charge in [0.1, 0.15) is 6.10 Å². The van der Waals surface area contributed by atoms with Crippen LogP contribution in [0.5, 0.6) is 0 Å². The van der Waals surface area contributed by atoms with Crippen LogP contribution in [0.3, 0.4) is 0 Å². The van der Waals surface area contributed by atoms with Gasteiger partial charge in [-0.15, -0.1) is 0 Å². The van der Waals surface area contributed by atoms with Crippen molar-refractivity contribution in [2.45, 2.75) is 218 Å². The topological polar surface area (TPSA) is 124 Å². The van der Waals surface area contributed by atoms with Gasteiger partial charge in [0.05, 0.1) is 17.9 Å². The zero-order chi connectivity index (χ0) is 32.7. The van der Waals surface area contributed by atoms with Crippen molar-refractivity contribution in [1.29, 1.82) is 0 Å². The monoisotopic (exact) mass is 648 g/mol. The first kappa shape index (κ1) is 43.3. The number of carbonyl (C=O) groups is 1. The highest BCUT2D eigenvalue weighted by molar-refractivity contribution is 7.85. The summed E-state index contributed by atoms with van der Waals surface area (Å²) in [6, 6.07) is -1.14. The maximum Gasteiger partial charge on any atom is 0.266 e. The van der Waals surface area contributed by atoms with Gasteiger partial charge in [0.2, 0.25) is 5.91 Å². The van der Waals surface area contributed by atoms with E-state index in [-0.39, 0.29) is 0 Å². The maximum atomic E-state index is 12.5. The van der Waals surface area contributed by atoms with E-state index in [0.29, 0.717) is 12.8 Å². The van der Waals surface area contributed by atoms with Gasteiger partial charge in [-0.3, -0.25) is 9.35 Å². The van der Waals surface area contributed by atoms with Gasteiger partial charge in [-0.05, 0) is 12.8 Å². The molecule has 0 saturated carbocycles. The van der Waals surface area contributed by atoms with Gasteiger partial charge in [0, 0.05) is 0 Å². The van der Waals surface area contributed by atoms with Gasteiger partial charge in [-0.2, -0.15) is 8.42 Å². The van der Waals surface area contributed by atoms with Gasteiger partial charge >= 0.3 is 0 Å². The third-order valence-electron chi connectivity index (χ3n) is 8.92. The number of nitrogens with one attached hydrogen (secondary N) is 1. The number of aliphatic hydroxyl groups excluding tert-OH is 2. The lowest BCUT2D eigenvalue weighted by Crippen LogP contribution is -2.50. The van der Waals surface area contributed by atoms with Crippen LogP contribution in [0.1, 0.15) is 200 Å². The smallest absolute Gasteiger partial charge is 0.266 e. The van der Waals surface area contributed by atoms with Crippen LogP contribution in [0, 0.1) is 0 Å². The van der Waals surface area contributed by atoms with E-state index in [0.717, 1.165) is 44.9 Å². The Balaban J connectivity index is 4.02. The number of unbranched alkanes of at least 4 members (excludes halogenated alkanes) is 25. The first-order valence-corrected chi connectivity index (χ1v) is 20.4. The molecule has 0 fully saturated rings. The molecule has 0 aromatic heterocycles. The fourth-order valence-electron chi connectivity index (χ4n) is 5.99. The Morgan fingerprint density at radius 1 is 0.523 bits per heavy atom. The van der Waals surface area contributed by atoms with Gasteiger partial charge in [0.25, 0.3) is 10.1 Å². The average Bonchev–Trinajstić information content (AvgIpc) is 2.98. The number of rotatable bonds is 34. The van der Waals surface area contributed by atoms with E-state index >= 15 is 0 Å². The molecule has 0 aromatic rings. The quantitative estimate of drug-likeness (QED) is 0.0407. The molecule has 7 nitrogen and oxygen atoms in total. The second-order valence-electron chi connectivity index (χ2n) is 13.4. The Hall–Kier alpha value is -0.700. The van der Waals surface area contributed by atoms with E-state index in [9.17, 15) is 28.0 Å². The van der Waals surface area contributed by atoms with Crippen molar-refractivity contribution in [3.63, 3.8) is 0 Å². The van der Waals surface area contributed by atoms with Crippen LogP contribution >= 0.6 is 0 Å².